The Balaban J connectivity index is 2.21. The molecule has 0 bridgehead atoms. The van der Waals surface area contributed by atoms with Crippen LogP contribution in [0.25, 0.3) is 11.3 Å². The zero-order valence-corrected chi connectivity index (χ0v) is 11.3. The number of nitrogens with zero attached hydrogens (tertiary/aromatic N) is 2. The van der Waals surface area contributed by atoms with Crippen molar-refractivity contribution < 1.29 is 15.0 Å². The van der Waals surface area contributed by atoms with E-state index in [2.05, 4.69) is 5.10 Å². The molecule has 0 radical (unpaired) electrons. The molecule has 0 saturated carbocycles. The number of aromatic hydroxyl groups is 1. The molecule has 0 atom stereocenters. The van der Waals surface area contributed by atoms with Crippen molar-refractivity contribution in [1.29, 1.82) is 0 Å². The van der Waals surface area contributed by atoms with Gasteiger partial charge in [0.2, 0.25) is 0 Å². The maximum Gasteiger partial charge on any atom is 0.356 e. The largest absolute Gasteiger partial charge is 0.507 e. The molecule has 1 aliphatic rings. The lowest BCUT2D eigenvalue weighted by atomic mass is 9.86. The Labute approximate surface area is 116 Å². The van der Waals surface area contributed by atoms with E-state index >= 15 is 0 Å². The standard InChI is InChI=1S/C15H16N2O3/c1-17-12(8-11(16-17)15(19)20)14-10-5-3-2-4-9(10)6-7-13(14)18/h6-8,18H,2-5H2,1H3,(H,19,20). The number of hydrogen-bond donors (Lipinski definition) is 2. The highest BCUT2D eigenvalue weighted by Gasteiger charge is 2.21. The average Bonchev–Trinajstić information content (AvgIpc) is 2.81. The van der Waals surface area contributed by atoms with Gasteiger partial charge in [0.25, 0.3) is 0 Å². The van der Waals surface area contributed by atoms with Gasteiger partial charge in [0, 0.05) is 12.6 Å². The first-order valence-corrected chi connectivity index (χ1v) is 6.69. The molecule has 0 unspecified atom stereocenters. The maximum absolute atomic E-state index is 11.0. The Hall–Kier alpha value is -2.30. The van der Waals surface area contributed by atoms with E-state index in [-0.39, 0.29) is 11.4 Å². The maximum atomic E-state index is 11.0. The number of hydrogen-bond acceptors (Lipinski definition) is 3. The molecule has 1 aromatic heterocycles. The third kappa shape index (κ3) is 1.95. The van der Waals surface area contributed by atoms with Crippen LogP contribution in [0.2, 0.25) is 0 Å². The minimum atomic E-state index is -1.06. The molecule has 0 amide bonds. The topological polar surface area (TPSA) is 75.4 Å². The number of aromatic carboxylic acids is 1. The lowest BCUT2D eigenvalue weighted by Crippen LogP contribution is -2.06. The van der Waals surface area contributed by atoms with E-state index in [1.807, 2.05) is 6.07 Å². The molecular formula is C15H16N2O3. The van der Waals surface area contributed by atoms with Gasteiger partial charge in [-0.15, -0.1) is 0 Å². The van der Waals surface area contributed by atoms with Crippen molar-refractivity contribution in [3.05, 3.63) is 35.0 Å². The van der Waals surface area contributed by atoms with Gasteiger partial charge in [0.15, 0.2) is 5.69 Å². The molecule has 3 rings (SSSR count). The summed E-state index contributed by atoms with van der Waals surface area (Å²) in [5, 5.41) is 23.2. The molecule has 20 heavy (non-hydrogen) atoms. The van der Waals surface area contributed by atoms with E-state index in [1.54, 1.807) is 13.1 Å². The number of fused-ring (bicyclic) bond motifs is 1. The van der Waals surface area contributed by atoms with Crippen LogP contribution in [-0.2, 0) is 19.9 Å². The summed E-state index contributed by atoms with van der Waals surface area (Å²) < 4.78 is 1.52. The summed E-state index contributed by atoms with van der Waals surface area (Å²) in [7, 11) is 1.70. The second-order valence-corrected chi connectivity index (χ2v) is 5.15. The third-order valence-electron chi connectivity index (χ3n) is 3.87. The van der Waals surface area contributed by atoms with E-state index in [0.717, 1.165) is 36.8 Å². The number of aryl methyl sites for hydroxylation is 2. The lowest BCUT2D eigenvalue weighted by Gasteiger charge is -2.20. The first-order valence-electron chi connectivity index (χ1n) is 6.69. The van der Waals surface area contributed by atoms with Crippen molar-refractivity contribution in [2.45, 2.75) is 25.7 Å². The van der Waals surface area contributed by atoms with Crippen LogP contribution in [0.3, 0.4) is 0 Å². The van der Waals surface area contributed by atoms with Gasteiger partial charge in [-0.1, -0.05) is 6.07 Å². The Morgan fingerprint density at radius 3 is 2.75 bits per heavy atom. The summed E-state index contributed by atoms with van der Waals surface area (Å²) >= 11 is 0. The number of phenols is 1. The molecule has 1 heterocycles. The van der Waals surface area contributed by atoms with Gasteiger partial charge in [-0.2, -0.15) is 5.10 Å². The molecule has 5 nitrogen and oxygen atoms in total. The lowest BCUT2D eigenvalue weighted by molar-refractivity contribution is 0.0689. The molecule has 2 aromatic rings. The molecular weight excluding hydrogens is 256 g/mol. The van der Waals surface area contributed by atoms with Crippen LogP contribution in [0.15, 0.2) is 18.2 Å². The fourth-order valence-corrected chi connectivity index (χ4v) is 2.91. The van der Waals surface area contributed by atoms with Crippen LogP contribution in [0.1, 0.15) is 34.5 Å². The van der Waals surface area contributed by atoms with E-state index in [9.17, 15) is 9.90 Å². The second kappa shape index (κ2) is 4.67. The smallest absolute Gasteiger partial charge is 0.356 e. The van der Waals surface area contributed by atoms with Gasteiger partial charge in [0.1, 0.15) is 5.75 Å². The van der Waals surface area contributed by atoms with Crippen LogP contribution >= 0.6 is 0 Å². The molecule has 104 valence electrons. The summed E-state index contributed by atoms with van der Waals surface area (Å²) in [6.45, 7) is 0. The molecule has 0 fully saturated rings. The number of aromatic nitrogens is 2. The predicted octanol–water partition coefficient (Wildman–Crippen LogP) is 2.37. The molecule has 1 aliphatic carbocycles. The highest BCUT2D eigenvalue weighted by atomic mass is 16.4. The van der Waals surface area contributed by atoms with Crippen molar-refractivity contribution in [2.24, 2.45) is 7.05 Å². The van der Waals surface area contributed by atoms with Crippen molar-refractivity contribution in [1.82, 2.24) is 9.78 Å². The summed E-state index contributed by atoms with van der Waals surface area (Å²) in [6, 6.07) is 5.17. The number of carbonyl (C=O) groups is 1. The highest BCUT2D eigenvalue weighted by molar-refractivity contribution is 5.87. The minimum absolute atomic E-state index is 0.00434. The van der Waals surface area contributed by atoms with Crippen LogP contribution in [-0.4, -0.2) is 26.0 Å². The summed E-state index contributed by atoms with van der Waals surface area (Å²) in [5.41, 5.74) is 3.73. The van der Waals surface area contributed by atoms with Crippen molar-refractivity contribution in [2.75, 3.05) is 0 Å². The number of carboxylic acid groups (broad SMARTS) is 1. The van der Waals surface area contributed by atoms with Gasteiger partial charge in [-0.3, -0.25) is 4.68 Å². The fraction of sp³-hybridized carbons (Fsp3) is 0.333. The highest BCUT2D eigenvalue weighted by Crippen LogP contribution is 2.38. The van der Waals surface area contributed by atoms with Gasteiger partial charge < -0.3 is 10.2 Å². The predicted molar refractivity (Wildman–Crippen MR) is 73.9 cm³/mol. The van der Waals surface area contributed by atoms with Crippen LogP contribution in [0, 0.1) is 0 Å². The van der Waals surface area contributed by atoms with Crippen molar-refractivity contribution in [3.63, 3.8) is 0 Å². The number of rotatable bonds is 2. The first kappa shape index (κ1) is 12.7. The zero-order chi connectivity index (χ0) is 14.3. The molecule has 1 aromatic carbocycles. The van der Waals surface area contributed by atoms with E-state index < -0.39 is 5.97 Å². The molecule has 0 saturated heterocycles. The SMILES string of the molecule is Cn1nc(C(=O)O)cc1-c1c(O)ccc2c1CCCC2. The minimum Gasteiger partial charge on any atom is -0.507 e. The first-order chi connectivity index (χ1) is 9.58. The fourth-order valence-electron chi connectivity index (χ4n) is 2.91. The normalized spacial score (nSPS) is 14.1. The zero-order valence-electron chi connectivity index (χ0n) is 11.3. The Kier molecular flexibility index (Phi) is 2.97. The van der Waals surface area contributed by atoms with E-state index in [0.29, 0.717) is 5.69 Å². The van der Waals surface area contributed by atoms with Gasteiger partial charge >= 0.3 is 5.97 Å². The van der Waals surface area contributed by atoms with Gasteiger partial charge in [-0.25, -0.2) is 4.79 Å². The average molecular weight is 272 g/mol. The summed E-state index contributed by atoms with van der Waals surface area (Å²) in [4.78, 5) is 11.0. The van der Waals surface area contributed by atoms with Gasteiger partial charge in [0.05, 0.1) is 5.69 Å². The van der Waals surface area contributed by atoms with Crippen LogP contribution in [0.4, 0.5) is 0 Å². The quantitative estimate of drug-likeness (QED) is 0.880. The number of carboxylic acids is 1. The molecule has 2 N–H and O–H groups in total. The van der Waals surface area contributed by atoms with E-state index in [1.165, 1.54) is 16.3 Å². The Morgan fingerprint density at radius 1 is 1.30 bits per heavy atom. The van der Waals surface area contributed by atoms with Crippen LogP contribution in [0.5, 0.6) is 5.75 Å². The van der Waals surface area contributed by atoms with Gasteiger partial charge in [-0.05, 0) is 48.9 Å². The Morgan fingerprint density at radius 2 is 2.05 bits per heavy atom. The van der Waals surface area contributed by atoms with Crippen molar-refractivity contribution in [3.8, 4) is 17.0 Å². The number of phenolic OH excluding ortho intramolecular Hbond substituents is 1. The van der Waals surface area contributed by atoms with Crippen molar-refractivity contribution >= 4 is 5.97 Å². The molecule has 0 aliphatic heterocycles. The second-order valence-electron chi connectivity index (χ2n) is 5.15. The van der Waals surface area contributed by atoms with Crippen LogP contribution < -0.4 is 0 Å². The van der Waals surface area contributed by atoms with E-state index in [4.69, 9.17) is 5.11 Å². The third-order valence-corrected chi connectivity index (χ3v) is 3.87. The summed E-state index contributed by atoms with van der Waals surface area (Å²) in [6.07, 6.45) is 4.16. The monoisotopic (exact) mass is 272 g/mol. The molecule has 5 heteroatoms. The Bertz CT molecular complexity index is 689. The number of benzene rings is 1. The summed E-state index contributed by atoms with van der Waals surface area (Å²) in [5.74, 6) is -0.873. The molecule has 0 spiro atoms.